The number of aliphatic carboxylic acids is 1. The number of aliphatic hydroxyl groups excluding tert-OH is 4. The molecule has 8 unspecified atom stereocenters. The van der Waals surface area contributed by atoms with Gasteiger partial charge in [-0.05, 0) is 62.9 Å². The van der Waals surface area contributed by atoms with E-state index in [4.69, 9.17) is 9.84 Å². The summed E-state index contributed by atoms with van der Waals surface area (Å²) in [4.78, 5) is 37.0. The monoisotopic (exact) mass is 566 g/mol. The van der Waals surface area contributed by atoms with Gasteiger partial charge in [0.05, 0.1) is 12.2 Å². The molecule has 9 nitrogen and oxygen atoms in total. The number of hydrogen-bond donors (Lipinski definition) is 5. The molecule has 3 aliphatic rings. The first kappa shape index (κ1) is 32.7. The molecule has 3 rings (SSSR count). The SMILES string of the molecule is CC1(CO)C2CC3(C(C=O)CCC13)C(OC(=O)CCCCCCCC(O)C(O)CCCCCCO)C=C2C(=O)O. The van der Waals surface area contributed by atoms with E-state index in [2.05, 4.69) is 0 Å². The van der Waals surface area contributed by atoms with E-state index in [0.717, 1.165) is 57.7 Å². The second-order valence-electron chi connectivity index (χ2n) is 12.6. The second-order valence-corrected chi connectivity index (χ2v) is 12.6. The van der Waals surface area contributed by atoms with Gasteiger partial charge in [0.15, 0.2) is 0 Å². The highest BCUT2D eigenvalue weighted by Crippen LogP contribution is 2.71. The maximum atomic E-state index is 12.9. The molecule has 0 aromatic heterocycles. The maximum Gasteiger partial charge on any atom is 0.331 e. The van der Waals surface area contributed by atoms with Crippen LogP contribution in [0, 0.1) is 28.6 Å². The smallest absolute Gasteiger partial charge is 0.331 e. The lowest BCUT2D eigenvalue weighted by Gasteiger charge is -2.42. The minimum atomic E-state index is -1.07. The number of aliphatic hydroxyl groups is 4. The number of hydrogen-bond acceptors (Lipinski definition) is 8. The fourth-order valence-electron chi connectivity index (χ4n) is 7.97. The number of esters is 1. The van der Waals surface area contributed by atoms with Crippen molar-refractivity contribution in [3.8, 4) is 0 Å². The summed E-state index contributed by atoms with van der Waals surface area (Å²) in [6, 6.07) is 0. The Morgan fingerprint density at radius 1 is 0.975 bits per heavy atom. The van der Waals surface area contributed by atoms with Gasteiger partial charge in [0.2, 0.25) is 0 Å². The van der Waals surface area contributed by atoms with Crippen LogP contribution < -0.4 is 0 Å². The zero-order valence-corrected chi connectivity index (χ0v) is 24.0. The standard InChI is InChI=1S/C31H50O9/c1-30(20-34)23-18-31(21(19-33)14-15-26(30)31)27(17-22(23)29(38)39)40-28(37)13-9-4-2-3-7-11-24(35)25(36)12-8-5-6-10-16-32/h17,19,21,23-27,32,34-36H,2-16,18,20H2,1H3,(H,38,39). The lowest BCUT2D eigenvalue weighted by molar-refractivity contribution is -0.158. The summed E-state index contributed by atoms with van der Waals surface area (Å²) in [6.07, 6.45) is 10.8. The van der Waals surface area contributed by atoms with Crippen LogP contribution in [0.15, 0.2) is 11.6 Å². The fourth-order valence-corrected chi connectivity index (χ4v) is 7.97. The van der Waals surface area contributed by atoms with Crippen molar-refractivity contribution in [3.05, 3.63) is 11.6 Å². The highest BCUT2D eigenvalue weighted by Gasteiger charge is 2.71. The van der Waals surface area contributed by atoms with E-state index in [9.17, 15) is 34.8 Å². The highest BCUT2D eigenvalue weighted by atomic mass is 16.5. The Balaban J connectivity index is 1.43. The third-order valence-electron chi connectivity index (χ3n) is 10.2. The van der Waals surface area contributed by atoms with Crippen LogP contribution in [0.4, 0.5) is 0 Å². The summed E-state index contributed by atoms with van der Waals surface area (Å²) in [5.41, 5.74) is -1.16. The summed E-state index contributed by atoms with van der Waals surface area (Å²) in [6.45, 7) is 1.91. The summed E-state index contributed by atoms with van der Waals surface area (Å²) in [5.74, 6) is -2.29. The largest absolute Gasteiger partial charge is 0.478 e. The molecule has 228 valence electrons. The molecule has 2 fully saturated rings. The highest BCUT2D eigenvalue weighted by molar-refractivity contribution is 5.88. The Morgan fingerprint density at radius 3 is 2.15 bits per heavy atom. The van der Waals surface area contributed by atoms with Crippen LogP contribution in [-0.2, 0) is 19.1 Å². The number of carbonyl (C=O) groups excluding carboxylic acids is 2. The maximum absolute atomic E-state index is 12.9. The predicted molar refractivity (Wildman–Crippen MR) is 148 cm³/mol. The van der Waals surface area contributed by atoms with Gasteiger partial charge in [-0.15, -0.1) is 0 Å². The van der Waals surface area contributed by atoms with Crippen molar-refractivity contribution in [1.82, 2.24) is 0 Å². The third-order valence-corrected chi connectivity index (χ3v) is 10.2. The van der Waals surface area contributed by atoms with Crippen LogP contribution in [0.2, 0.25) is 0 Å². The van der Waals surface area contributed by atoms with Crippen molar-refractivity contribution >= 4 is 18.2 Å². The number of rotatable bonds is 19. The van der Waals surface area contributed by atoms with Gasteiger partial charge in [-0.1, -0.05) is 51.9 Å². The molecule has 2 bridgehead atoms. The zero-order chi connectivity index (χ0) is 29.3. The molecule has 1 spiro atoms. The molecular formula is C31H50O9. The van der Waals surface area contributed by atoms with Crippen LogP contribution >= 0.6 is 0 Å². The molecule has 0 aromatic rings. The summed E-state index contributed by atoms with van der Waals surface area (Å²) in [5, 5.41) is 49.3. The topological polar surface area (TPSA) is 162 Å². The number of aldehydes is 1. The van der Waals surface area contributed by atoms with Crippen molar-refractivity contribution in [1.29, 1.82) is 0 Å². The zero-order valence-electron chi connectivity index (χ0n) is 24.0. The van der Waals surface area contributed by atoms with Gasteiger partial charge in [0.25, 0.3) is 0 Å². The van der Waals surface area contributed by atoms with E-state index in [1.165, 1.54) is 0 Å². The number of fused-ring (bicyclic) bond motifs is 1. The van der Waals surface area contributed by atoms with Crippen molar-refractivity contribution in [2.75, 3.05) is 13.2 Å². The minimum Gasteiger partial charge on any atom is -0.478 e. The summed E-state index contributed by atoms with van der Waals surface area (Å²) in [7, 11) is 0. The summed E-state index contributed by atoms with van der Waals surface area (Å²) < 4.78 is 5.92. The Kier molecular flexibility index (Phi) is 12.2. The molecule has 3 aliphatic carbocycles. The van der Waals surface area contributed by atoms with Crippen LogP contribution in [-0.4, -0.2) is 75.3 Å². The Bertz CT molecular complexity index is 888. The number of carbonyl (C=O) groups is 3. The number of carboxylic acid groups (broad SMARTS) is 1. The van der Waals surface area contributed by atoms with Crippen LogP contribution in [0.1, 0.15) is 103 Å². The van der Waals surface area contributed by atoms with E-state index in [1.54, 1.807) is 6.08 Å². The van der Waals surface area contributed by atoms with E-state index < -0.39 is 41.1 Å². The van der Waals surface area contributed by atoms with Crippen molar-refractivity contribution in [2.45, 2.75) is 122 Å². The molecule has 2 saturated carbocycles. The predicted octanol–water partition coefficient (Wildman–Crippen LogP) is 3.55. The third kappa shape index (κ3) is 6.97. The average molecular weight is 567 g/mol. The quantitative estimate of drug-likeness (QED) is 0.0894. The van der Waals surface area contributed by atoms with E-state index in [-0.39, 0.29) is 43.0 Å². The van der Waals surface area contributed by atoms with Gasteiger partial charge >= 0.3 is 11.9 Å². The fraction of sp³-hybridized carbons (Fsp3) is 0.839. The van der Waals surface area contributed by atoms with E-state index in [1.807, 2.05) is 6.92 Å². The van der Waals surface area contributed by atoms with Gasteiger partial charge < -0.3 is 35.1 Å². The lowest BCUT2D eigenvalue weighted by Crippen LogP contribution is -2.45. The molecule has 0 aromatic carbocycles. The van der Waals surface area contributed by atoms with E-state index in [0.29, 0.717) is 38.5 Å². The number of ether oxygens (including phenoxy) is 1. The Hall–Kier alpha value is -1.81. The first-order valence-corrected chi connectivity index (χ1v) is 15.3. The van der Waals surface area contributed by atoms with Gasteiger partial charge in [0, 0.05) is 42.0 Å². The average Bonchev–Trinajstić information content (AvgIpc) is 3.40. The van der Waals surface area contributed by atoms with Crippen molar-refractivity contribution < 1.29 is 44.7 Å². The molecule has 0 saturated heterocycles. The summed E-state index contributed by atoms with van der Waals surface area (Å²) >= 11 is 0. The first-order valence-electron chi connectivity index (χ1n) is 15.3. The normalized spacial score (nSPS) is 32.3. The molecular weight excluding hydrogens is 516 g/mol. The van der Waals surface area contributed by atoms with Gasteiger partial charge in [0.1, 0.15) is 12.4 Å². The second kappa shape index (κ2) is 14.9. The molecule has 5 N–H and O–H groups in total. The molecule has 9 heteroatoms. The minimum absolute atomic E-state index is 0.101. The van der Waals surface area contributed by atoms with Gasteiger partial charge in [-0.2, -0.15) is 0 Å². The van der Waals surface area contributed by atoms with Crippen LogP contribution in [0.3, 0.4) is 0 Å². The Labute approximate surface area is 238 Å². The molecule has 0 heterocycles. The number of carboxylic acids is 1. The molecule has 0 amide bonds. The van der Waals surface area contributed by atoms with Crippen LogP contribution in [0.25, 0.3) is 0 Å². The molecule has 0 radical (unpaired) electrons. The van der Waals surface area contributed by atoms with Crippen molar-refractivity contribution in [2.24, 2.45) is 28.6 Å². The van der Waals surface area contributed by atoms with Gasteiger partial charge in [-0.25, -0.2) is 4.79 Å². The Morgan fingerprint density at radius 2 is 1.57 bits per heavy atom. The lowest BCUT2D eigenvalue weighted by atomic mass is 9.66. The molecule has 40 heavy (non-hydrogen) atoms. The molecule has 0 aliphatic heterocycles. The number of unbranched alkanes of at least 4 members (excludes halogenated alkanes) is 7. The first-order chi connectivity index (χ1) is 19.1. The van der Waals surface area contributed by atoms with Crippen LogP contribution in [0.5, 0.6) is 0 Å². The molecule has 8 atom stereocenters. The van der Waals surface area contributed by atoms with Gasteiger partial charge in [-0.3, -0.25) is 4.79 Å². The van der Waals surface area contributed by atoms with E-state index >= 15 is 0 Å². The van der Waals surface area contributed by atoms with Crippen molar-refractivity contribution in [3.63, 3.8) is 0 Å².